The van der Waals surface area contributed by atoms with Crippen molar-refractivity contribution >= 4 is 16.8 Å². The highest BCUT2D eigenvalue weighted by molar-refractivity contribution is 5.94. The molecule has 0 spiro atoms. The smallest absolute Gasteiger partial charge is 0.159 e. The molecule has 0 amide bonds. The van der Waals surface area contributed by atoms with E-state index in [-0.39, 0.29) is 12.4 Å². The molecule has 3 rings (SSSR count). The second-order valence-corrected chi connectivity index (χ2v) is 5.43. The Labute approximate surface area is 134 Å². The molecule has 0 saturated heterocycles. The fourth-order valence-electron chi connectivity index (χ4n) is 2.41. The Morgan fingerprint density at radius 3 is 2.70 bits per heavy atom. The van der Waals surface area contributed by atoms with Gasteiger partial charge in [0, 0.05) is 5.56 Å². The SMILES string of the molecule is CC(=O)c1ccc(OC[C@@H](O)Cn2cnc3ccccc32)cc1. The molecule has 5 nitrogen and oxygen atoms in total. The molecular formula is C18H18N2O3. The highest BCUT2D eigenvalue weighted by Crippen LogP contribution is 2.15. The molecule has 0 saturated carbocycles. The first-order valence-electron chi connectivity index (χ1n) is 7.45. The number of carbonyl (C=O) groups excluding carboxylic acids is 1. The predicted octanol–water partition coefficient (Wildman–Crippen LogP) is 2.68. The number of para-hydroxylation sites is 2. The number of nitrogens with zero attached hydrogens (tertiary/aromatic N) is 2. The molecule has 1 N–H and O–H groups in total. The van der Waals surface area contributed by atoms with Gasteiger partial charge in [-0.05, 0) is 43.3 Å². The largest absolute Gasteiger partial charge is 0.491 e. The lowest BCUT2D eigenvalue weighted by Gasteiger charge is -2.13. The topological polar surface area (TPSA) is 64.3 Å². The van der Waals surface area contributed by atoms with Crippen LogP contribution in [0.4, 0.5) is 0 Å². The van der Waals surface area contributed by atoms with Crippen molar-refractivity contribution in [3.8, 4) is 5.75 Å². The van der Waals surface area contributed by atoms with Crippen LogP contribution >= 0.6 is 0 Å². The summed E-state index contributed by atoms with van der Waals surface area (Å²) in [5, 5.41) is 10.2. The molecule has 5 heteroatoms. The van der Waals surface area contributed by atoms with Crippen LogP contribution in [0.15, 0.2) is 54.9 Å². The number of benzene rings is 2. The third-order valence-corrected chi connectivity index (χ3v) is 3.64. The van der Waals surface area contributed by atoms with Gasteiger partial charge in [0.2, 0.25) is 0 Å². The Balaban J connectivity index is 1.59. The number of carbonyl (C=O) groups is 1. The number of hydrogen-bond donors (Lipinski definition) is 1. The van der Waals surface area contributed by atoms with Gasteiger partial charge in [0.25, 0.3) is 0 Å². The number of fused-ring (bicyclic) bond motifs is 1. The average Bonchev–Trinajstić information content (AvgIpc) is 2.96. The number of rotatable bonds is 6. The van der Waals surface area contributed by atoms with Gasteiger partial charge >= 0.3 is 0 Å². The van der Waals surface area contributed by atoms with E-state index in [1.165, 1.54) is 6.92 Å². The van der Waals surface area contributed by atoms with E-state index in [9.17, 15) is 9.90 Å². The Bertz CT molecular complexity index is 809. The Hall–Kier alpha value is -2.66. The van der Waals surface area contributed by atoms with Gasteiger partial charge in [-0.3, -0.25) is 4.79 Å². The van der Waals surface area contributed by atoms with Gasteiger partial charge in [0.05, 0.1) is 23.9 Å². The fraction of sp³-hybridized carbons (Fsp3) is 0.222. The molecule has 0 fully saturated rings. The zero-order chi connectivity index (χ0) is 16.2. The normalized spacial score (nSPS) is 12.3. The Kier molecular flexibility index (Phi) is 4.39. The molecule has 118 valence electrons. The lowest BCUT2D eigenvalue weighted by atomic mass is 10.1. The van der Waals surface area contributed by atoms with Gasteiger partial charge in [0.1, 0.15) is 18.5 Å². The first kappa shape index (κ1) is 15.2. The van der Waals surface area contributed by atoms with Crippen LogP contribution < -0.4 is 4.74 Å². The summed E-state index contributed by atoms with van der Waals surface area (Å²) in [6.07, 6.45) is 1.07. The molecule has 23 heavy (non-hydrogen) atoms. The molecule has 0 unspecified atom stereocenters. The summed E-state index contributed by atoms with van der Waals surface area (Å²) in [5.74, 6) is 0.646. The quantitative estimate of drug-likeness (QED) is 0.711. The minimum Gasteiger partial charge on any atom is -0.491 e. The number of ketones is 1. The number of Topliss-reactive ketones (excluding diaryl/α,β-unsaturated/α-hetero) is 1. The van der Waals surface area contributed by atoms with Crippen LogP contribution in [0.3, 0.4) is 0 Å². The summed E-state index contributed by atoms with van der Waals surface area (Å²) in [6, 6.07) is 14.7. The Morgan fingerprint density at radius 1 is 1.22 bits per heavy atom. The van der Waals surface area contributed by atoms with Gasteiger partial charge in [-0.2, -0.15) is 0 Å². The minimum absolute atomic E-state index is 0.0172. The molecular weight excluding hydrogens is 292 g/mol. The van der Waals surface area contributed by atoms with Crippen LogP contribution in [-0.2, 0) is 6.54 Å². The molecule has 1 atom stereocenters. The molecule has 3 aromatic rings. The average molecular weight is 310 g/mol. The first-order chi connectivity index (χ1) is 11.1. The lowest BCUT2D eigenvalue weighted by Crippen LogP contribution is -2.23. The van der Waals surface area contributed by atoms with Crippen molar-refractivity contribution in [1.82, 2.24) is 9.55 Å². The zero-order valence-corrected chi connectivity index (χ0v) is 12.8. The summed E-state index contributed by atoms with van der Waals surface area (Å²) in [5.41, 5.74) is 2.53. The molecule has 0 bridgehead atoms. The highest BCUT2D eigenvalue weighted by atomic mass is 16.5. The lowest BCUT2D eigenvalue weighted by molar-refractivity contribution is 0.0933. The number of imidazole rings is 1. The van der Waals surface area contributed by atoms with E-state index in [0.29, 0.717) is 17.9 Å². The number of aliphatic hydroxyl groups is 1. The van der Waals surface area contributed by atoms with E-state index in [0.717, 1.165) is 11.0 Å². The van der Waals surface area contributed by atoms with Crippen molar-refractivity contribution in [3.63, 3.8) is 0 Å². The van der Waals surface area contributed by atoms with E-state index < -0.39 is 6.10 Å². The van der Waals surface area contributed by atoms with Crippen LogP contribution in [0, 0.1) is 0 Å². The van der Waals surface area contributed by atoms with Crippen molar-refractivity contribution in [1.29, 1.82) is 0 Å². The van der Waals surface area contributed by atoms with Crippen LogP contribution in [-0.4, -0.2) is 33.2 Å². The van der Waals surface area contributed by atoms with E-state index in [1.54, 1.807) is 30.6 Å². The molecule has 0 radical (unpaired) electrons. The van der Waals surface area contributed by atoms with Crippen LogP contribution in [0.5, 0.6) is 5.75 Å². The molecule has 1 heterocycles. The third kappa shape index (κ3) is 3.57. The van der Waals surface area contributed by atoms with Gasteiger partial charge in [-0.15, -0.1) is 0 Å². The van der Waals surface area contributed by atoms with Gasteiger partial charge in [-0.1, -0.05) is 12.1 Å². The molecule has 0 aliphatic heterocycles. The fourth-order valence-corrected chi connectivity index (χ4v) is 2.41. The molecule has 2 aromatic carbocycles. The summed E-state index contributed by atoms with van der Waals surface area (Å²) >= 11 is 0. The van der Waals surface area contributed by atoms with Crippen LogP contribution in [0.1, 0.15) is 17.3 Å². The van der Waals surface area contributed by atoms with Crippen molar-refractivity contribution < 1.29 is 14.6 Å². The monoisotopic (exact) mass is 310 g/mol. The third-order valence-electron chi connectivity index (χ3n) is 3.64. The predicted molar refractivity (Wildman–Crippen MR) is 87.7 cm³/mol. The van der Waals surface area contributed by atoms with Crippen molar-refractivity contribution in [2.75, 3.05) is 6.61 Å². The maximum atomic E-state index is 11.2. The van der Waals surface area contributed by atoms with E-state index in [2.05, 4.69) is 4.98 Å². The minimum atomic E-state index is -0.653. The summed E-state index contributed by atoms with van der Waals surface area (Å²) in [4.78, 5) is 15.5. The summed E-state index contributed by atoms with van der Waals surface area (Å²) in [7, 11) is 0. The van der Waals surface area contributed by atoms with Crippen molar-refractivity contribution in [2.45, 2.75) is 19.6 Å². The maximum absolute atomic E-state index is 11.2. The first-order valence-corrected chi connectivity index (χ1v) is 7.45. The zero-order valence-electron chi connectivity index (χ0n) is 12.8. The second kappa shape index (κ2) is 6.62. The van der Waals surface area contributed by atoms with Gasteiger partial charge in [0.15, 0.2) is 5.78 Å². The van der Waals surface area contributed by atoms with Crippen LogP contribution in [0.2, 0.25) is 0 Å². The second-order valence-electron chi connectivity index (χ2n) is 5.43. The van der Waals surface area contributed by atoms with E-state index in [4.69, 9.17) is 4.74 Å². The molecule has 0 aliphatic carbocycles. The Morgan fingerprint density at radius 2 is 1.96 bits per heavy atom. The maximum Gasteiger partial charge on any atom is 0.159 e. The number of hydrogen-bond acceptors (Lipinski definition) is 4. The summed E-state index contributed by atoms with van der Waals surface area (Å²) in [6.45, 7) is 2.10. The number of ether oxygens (including phenoxy) is 1. The number of aromatic nitrogens is 2. The highest BCUT2D eigenvalue weighted by Gasteiger charge is 2.09. The van der Waals surface area contributed by atoms with Gasteiger partial charge < -0.3 is 14.4 Å². The van der Waals surface area contributed by atoms with Crippen molar-refractivity contribution in [2.24, 2.45) is 0 Å². The molecule has 0 aliphatic rings. The van der Waals surface area contributed by atoms with E-state index in [1.807, 2.05) is 28.8 Å². The standard InChI is InChI=1S/C18H18N2O3/c1-13(21)14-6-8-16(9-7-14)23-11-15(22)10-20-12-19-17-4-2-3-5-18(17)20/h2-9,12,15,22H,10-11H2,1H3/t15-/m0/s1. The molecule has 1 aromatic heterocycles. The van der Waals surface area contributed by atoms with E-state index >= 15 is 0 Å². The van der Waals surface area contributed by atoms with Crippen molar-refractivity contribution in [3.05, 3.63) is 60.4 Å². The van der Waals surface area contributed by atoms with Crippen LogP contribution in [0.25, 0.3) is 11.0 Å². The van der Waals surface area contributed by atoms with Gasteiger partial charge in [-0.25, -0.2) is 4.98 Å². The summed E-state index contributed by atoms with van der Waals surface area (Å²) < 4.78 is 7.47. The number of aliphatic hydroxyl groups excluding tert-OH is 1.